The van der Waals surface area contributed by atoms with Crippen molar-refractivity contribution < 1.29 is 7.52 Å². The minimum absolute atomic E-state index is 0.0556. The molecule has 0 aliphatic rings. The second-order valence-corrected chi connectivity index (χ2v) is 0. The van der Waals surface area contributed by atoms with E-state index < -0.39 is 0 Å². The molecule has 0 saturated heterocycles. The van der Waals surface area contributed by atoms with E-state index in [1.54, 1.807) is 0 Å². The molecule has 0 bridgehead atoms. The minimum atomic E-state index is 0.0556. The molecule has 0 saturated carbocycles. The predicted octanol–water partition coefficient (Wildman–Crippen LogP) is -1.53. The van der Waals surface area contributed by atoms with Crippen LogP contribution in [-0.2, 0) is 7.52 Å². The van der Waals surface area contributed by atoms with Crippen molar-refractivity contribution in [2.45, 2.75) is 0 Å². The van der Waals surface area contributed by atoms with Crippen LogP contribution in [0.4, 0.5) is 0 Å². The first-order valence-electron chi connectivity index (χ1n) is 0.493. The number of rotatable bonds is 0. The fourth-order valence-corrected chi connectivity index (χ4v) is 0. The Labute approximate surface area is 40.3 Å². The maximum atomic E-state index is 8.39. The average Bonchev–Trinajstić information content (AvgIpc) is 1.50. The zero-order valence-corrected chi connectivity index (χ0v) is 5.91. The summed E-state index contributed by atoms with van der Waals surface area (Å²) >= 11 is 0.0556. The van der Waals surface area contributed by atoms with Crippen LogP contribution in [0.15, 0.2) is 0 Å². The van der Waals surface area contributed by atoms with Crippen LogP contribution in [0.5, 0.6) is 0 Å². The molecule has 0 aromatic carbocycles. The van der Waals surface area contributed by atoms with Crippen LogP contribution < -0.4 is 0 Å². The van der Waals surface area contributed by atoms with Crippen molar-refractivity contribution >= 4 is 32.4 Å². The van der Waals surface area contributed by atoms with Crippen molar-refractivity contribution in [3.8, 4) is 0 Å². The van der Waals surface area contributed by atoms with Gasteiger partial charge in [-0.1, -0.05) is 0 Å². The molecule has 0 spiro atoms. The first-order chi connectivity index (χ1) is 2.00. The normalized spacial score (nSPS) is 1.75. The van der Waals surface area contributed by atoms with Gasteiger partial charge in [0, 0.05) is 0 Å². The van der Waals surface area contributed by atoms with Gasteiger partial charge in [-0.25, -0.2) is 0 Å². The molecule has 0 heterocycles. The Kier molecular flexibility index (Phi) is 169. The van der Waals surface area contributed by atoms with Crippen LogP contribution in [0.25, 0.3) is 0 Å². The summed E-state index contributed by atoms with van der Waals surface area (Å²) in [7, 11) is 2.00. The molecule has 0 aliphatic heterocycles. The second kappa shape index (κ2) is 76.7. The molecule has 0 unspecified atom stereocenters. The van der Waals surface area contributed by atoms with Gasteiger partial charge in [-0.3, -0.25) is 0 Å². The van der Waals surface area contributed by atoms with Crippen molar-refractivity contribution in [3.63, 3.8) is 0 Å². The fourth-order valence-electron chi connectivity index (χ4n) is 0. The Morgan fingerprint density at radius 2 is 1.25 bits per heavy atom. The van der Waals surface area contributed by atoms with Crippen LogP contribution in [0.1, 0.15) is 0 Å². The summed E-state index contributed by atoms with van der Waals surface area (Å²) in [5.41, 5.74) is 0. The van der Waals surface area contributed by atoms with E-state index >= 15 is 0 Å². The second-order valence-electron chi connectivity index (χ2n) is 0. The van der Waals surface area contributed by atoms with Crippen LogP contribution in [0.3, 0.4) is 0 Å². The summed E-state index contributed by atoms with van der Waals surface area (Å²) in [4.78, 5) is 0. The van der Waals surface area contributed by atoms with E-state index in [1.807, 2.05) is 7.72 Å². The third kappa shape index (κ3) is 20.3. The van der Waals surface area contributed by atoms with Gasteiger partial charge in [-0.05, 0) is 0 Å². The zero-order valence-electron chi connectivity index (χ0n) is 2.02. The molecule has 0 N–H and O–H groups in total. The van der Waals surface area contributed by atoms with Crippen molar-refractivity contribution in [2.24, 2.45) is 0 Å². The average molecular weight is 254 g/mol. The standard InChI is InChI=1S/BHO.Bi.O.H/c1-2;;;/h1H;;;. The summed E-state index contributed by atoms with van der Waals surface area (Å²) in [5.74, 6) is 0. The van der Waals surface area contributed by atoms with E-state index in [9.17, 15) is 0 Å². The van der Waals surface area contributed by atoms with Crippen LogP contribution in [0.2, 0.25) is 0 Å². The van der Waals surface area contributed by atoms with Gasteiger partial charge in [0.2, 0.25) is 0 Å². The van der Waals surface area contributed by atoms with Crippen molar-refractivity contribution in [1.29, 1.82) is 0 Å². The molecule has 0 amide bonds. The molecule has 2 nitrogen and oxygen atoms in total. The van der Waals surface area contributed by atoms with Crippen LogP contribution >= 0.6 is 0 Å². The Morgan fingerprint density at radius 3 is 1.25 bits per heavy atom. The van der Waals surface area contributed by atoms with Gasteiger partial charge in [0.1, 0.15) is 0 Å². The van der Waals surface area contributed by atoms with Crippen LogP contribution in [0, 0.1) is 0 Å². The van der Waals surface area contributed by atoms with Gasteiger partial charge in [0.25, 0.3) is 0 Å². The van der Waals surface area contributed by atoms with Crippen molar-refractivity contribution in [1.82, 2.24) is 0 Å². The molecular weight excluding hydrogens is 252 g/mol. The fraction of sp³-hybridized carbons (Fsp3) is 0. The summed E-state index contributed by atoms with van der Waals surface area (Å²) in [6, 6.07) is 0. The van der Waals surface area contributed by atoms with E-state index in [1.165, 1.54) is 0 Å². The van der Waals surface area contributed by atoms with Crippen molar-refractivity contribution in [3.05, 3.63) is 0 Å². The molecule has 0 fully saturated rings. The molecule has 0 rings (SSSR count). The third-order valence-corrected chi connectivity index (χ3v) is 0. The molecular formula is H2BBiO2. The summed E-state index contributed by atoms with van der Waals surface area (Å²) < 4.78 is 16.4. The molecule has 0 aliphatic carbocycles. The van der Waals surface area contributed by atoms with E-state index in [4.69, 9.17) is 7.52 Å². The topological polar surface area (TPSA) is 34.1 Å². The quantitative estimate of drug-likeness (QED) is 0.491. The summed E-state index contributed by atoms with van der Waals surface area (Å²) in [5, 5.41) is 0. The van der Waals surface area contributed by atoms with Crippen molar-refractivity contribution in [2.75, 3.05) is 0 Å². The Bertz CT molecular complexity index is 8.00. The number of hydrogen-bond donors (Lipinski definition) is 0. The third-order valence-electron chi connectivity index (χ3n) is 0. The molecule has 0 aromatic heterocycles. The Balaban J connectivity index is 0. The SMILES string of the molecule is B=O.[O]=[BiH]. The van der Waals surface area contributed by atoms with Gasteiger partial charge in [0.15, 0.2) is 0 Å². The molecule has 22 valence electrons. The molecule has 4 heavy (non-hydrogen) atoms. The van der Waals surface area contributed by atoms with Crippen LogP contribution in [-0.4, -0.2) is 32.4 Å². The van der Waals surface area contributed by atoms with E-state index in [0.717, 1.165) is 0 Å². The van der Waals surface area contributed by atoms with Gasteiger partial charge >= 0.3 is 40.0 Å². The van der Waals surface area contributed by atoms with E-state index in [2.05, 4.69) is 0 Å². The first-order valence-corrected chi connectivity index (χ1v) is 2.08. The maximum absolute atomic E-state index is 8.39. The molecule has 4 heteroatoms. The monoisotopic (exact) mass is 254 g/mol. The van der Waals surface area contributed by atoms with Gasteiger partial charge < -0.3 is 0 Å². The van der Waals surface area contributed by atoms with E-state index in [-0.39, 0.29) is 24.7 Å². The van der Waals surface area contributed by atoms with Gasteiger partial charge in [0.05, 0.1) is 0 Å². The number of hydrogen-bond acceptors (Lipinski definition) is 2. The molecule has 0 atom stereocenters. The van der Waals surface area contributed by atoms with Gasteiger partial charge in [-0.15, -0.1) is 0 Å². The summed E-state index contributed by atoms with van der Waals surface area (Å²) in [6.45, 7) is 0. The summed E-state index contributed by atoms with van der Waals surface area (Å²) in [6.07, 6.45) is 0. The Morgan fingerprint density at radius 1 is 1.25 bits per heavy atom. The predicted molar refractivity (Wildman–Crippen MR) is 15.7 cm³/mol. The zero-order chi connectivity index (χ0) is 4.00. The molecule has 0 aromatic rings. The van der Waals surface area contributed by atoms with Gasteiger partial charge in [-0.2, -0.15) is 0 Å². The molecule has 0 radical (unpaired) electrons. The Hall–Kier alpha value is 0.548. The van der Waals surface area contributed by atoms with E-state index in [0.29, 0.717) is 0 Å². The first kappa shape index (κ1) is 8.82.